The van der Waals surface area contributed by atoms with Crippen molar-refractivity contribution >= 4 is 22.9 Å². The number of carbonyl (C=O) groups is 1. The number of carbonyl (C=O) groups excluding carboxylic acids is 1. The van der Waals surface area contributed by atoms with E-state index >= 15 is 0 Å². The Morgan fingerprint density at radius 2 is 2.18 bits per heavy atom. The van der Waals surface area contributed by atoms with Crippen LogP contribution in [0.3, 0.4) is 0 Å². The maximum atomic E-state index is 11.8. The van der Waals surface area contributed by atoms with Crippen molar-refractivity contribution in [1.29, 1.82) is 5.26 Å². The van der Waals surface area contributed by atoms with Gasteiger partial charge in [0.25, 0.3) is 0 Å². The monoisotopic (exact) mass is 295 g/mol. The van der Waals surface area contributed by atoms with Crippen LogP contribution >= 0.6 is 0 Å². The summed E-state index contributed by atoms with van der Waals surface area (Å²) in [4.78, 5) is 11.8. The molecule has 4 heteroatoms. The summed E-state index contributed by atoms with van der Waals surface area (Å²) in [7, 11) is 0. The average molecular weight is 295 g/mol. The molecule has 4 nitrogen and oxygen atoms in total. The Morgan fingerprint density at radius 3 is 2.91 bits per heavy atom. The van der Waals surface area contributed by atoms with Crippen LogP contribution in [0, 0.1) is 17.2 Å². The highest BCUT2D eigenvalue weighted by Crippen LogP contribution is 2.22. The van der Waals surface area contributed by atoms with Gasteiger partial charge in [0.15, 0.2) is 0 Å². The summed E-state index contributed by atoms with van der Waals surface area (Å²) in [6.07, 6.45) is 5.87. The van der Waals surface area contributed by atoms with E-state index in [1.807, 2.05) is 36.5 Å². The van der Waals surface area contributed by atoms with Crippen molar-refractivity contribution in [2.45, 2.75) is 26.8 Å². The van der Waals surface area contributed by atoms with E-state index in [1.54, 1.807) is 6.08 Å². The van der Waals surface area contributed by atoms with E-state index in [2.05, 4.69) is 29.8 Å². The number of para-hydroxylation sites is 1. The van der Waals surface area contributed by atoms with Crippen LogP contribution in [0.5, 0.6) is 0 Å². The van der Waals surface area contributed by atoms with Gasteiger partial charge in [-0.1, -0.05) is 32.0 Å². The second-order valence-electron chi connectivity index (χ2n) is 5.68. The molecule has 1 aromatic heterocycles. The Labute approximate surface area is 131 Å². The number of hydrogen-bond acceptors (Lipinski definition) is 2. The van der Waals surface area contributed by atoms with Gasteiger partial charge in [-0.3, -0.25) is 4.79 Å². The Morgan fingerprint density at radius 1 is 1.41 bits per heavy atom. The lowest BCUT2D eigenvalue weighted by Gasteiger charge is -2.04. The zero-order valence-electron chi connectivity index (χ0n) is 13.0. The van der Waals surface area contributed by atoms with Crippen LogP contribution in [-0.2, 0) is 11.3 Å². The van der Waals surface area contributed by atoms with E-state index < -0.39 is 0 Å². The smallest absolute Gasteiger partial charge is 0.244 e. The summed E-state index contributed by atoms with van der Waals surface area (Å²) in [6, 6.07) is 10.2. The largest absolute Gasteiger partial charge is 0.352 e. The third-order valence-electron chi connectivity index (χ3n) is 3.38. The number of hydrogen-bond donors (Lipinski definition) is 1. The van der Waals surface area contributed by atoms with Gasteiger partial charge < -0.3 is 9.88 Å². The number of amides is 1. The summed E-state index contributed by atoms with van der Waals surface area (Å²) in [5.41, 5.74) is 2.08. The van der Waals surface area contributed by atoms with Crippen molar-refractivity contribution in [2.75, 3.05) is 6.54 Å². The fourth-order valence-corrected chi connectivity index (χ4v) is 2.29. The van der Waals surface area contributed by atoms with Gasteiger partial charge in [-0.15, -0.1) is 0 Å². The van der Waals surface area contributed by atoms with E-state index in [0.717, 1.165) is 16.5 Å². The molecule has 0 aliphatic carbocycles. The SMILES string of the molecule is CC(C)CNC(=O)/C=C/c1cn(CCC#N)c2ccccc12. The maximum Gasteiger partial charge on any atom is 0.244 e. The Balaban J connectivity index is 2.20. The third-order valence-corrected chi connectivity index (χ3v) is 3.38. The molecule has 0 saturated carbocycles. The molecule has 1 heterocycles. The molecule has 0 spiro atoms. The highest BCUT2D eigenvalue weighted by molar-refractivity contribution is 5.96. The molecule has 0 aliphatic heterocycles. The topological polar surface area (TPSA) is 57.8 Å². The van der Waals surface area contributed by atoms with Crippen LogP contribution < -0.4 is 5.32 Å². The van der Waals surface area contributed by atoms with Crippen molar-refractivity contribution < 1.29 is 4.79 Å². The number of benzene rings is 1. The van der Waals surface area contributed by atoms with E-state index in [-0.39, 0.29) is 5.91 Å². The predicted octanol–water partition coefficient (Wildman–Crippen LogP) is 3.34. The summed E-state index contributed by atoms with van der Waals surface area (Å²) in [6.45, 7) is 5.46. The minimum Gasteiger partial charge on any atom is -0.352 e. The Hall–Kier alpha value is -2.54. The van der Waals surface area contributed by atoms with E-state index in [1.165, 1.54) is 0 Å². The van der Waals surface area contributed by atoms with Gasteiger partial charge in [-0.05, 0) is 18.1 Å². The second kappa shape index (κ2) is 7.46. The molecule has 1 aromatic carbocycles. The molecule has 0 bridgehead atoms. The normalized spacial score (nSPS) is 11.2. The number of rotatable bonds is 6. The minimum absolute atomic E-state index is 0.0810. The molecule has 0 unspecified atom stereocenters. The zero-order chi connectivity index (χ0) is 15.9. The fourth-order valence-electron chi connectivity index (χ4n) is 2.29. The maximum absolute atomic E-state index is 11.8. The second-order valence-corrected chi connectivity index (χ2v) is 5.68. The molecular weight excluding hydrogens is 274 g/mol. The Bertz CT molecular complexity index is 719. The van der Waals surface area contributed by atoms with E-state index in [9.17, 15) is 4.79 Å². The summed E-state index contributed by atoms with van der Waals surface area (Å²) in [5, 5.41) is 12.7. The summed E-state index contributed by atoms with van der Waals surface area (Å²) < 4.78 is 2.06. The predicted molar refractivity (Wildman–Crippen MR) is 89.0 cm³/mol. The van der Waals surface area contributed by atoms with Crippen LogP contribution in [-0.4, -0.2) is 17.0 Å². The lowest BCUT2D eigenvalue weighted by molar-refractivity contribution is -0.116. The molecule has 2 rings (SSSR count). The standard InChI is InChI=1S/C18H21N3O/c1-14(2)12-20-18(22)9-8-15-13-21(11-5-10-19)17-7-4-3-6-16(15)17/h3-4,6-9,13-14H,5,11-12H2,1-2H3,(H,20,22)/b9-8+. The molecular formula is C18H21N3O. The van der Waals surface area contributed by atoms with E-state index in [4.69, 9.17) is 5.26 Å². The molecule has 0 fully saturated rings. The van der Waals surface area contributed by atoms with Gasteiger partial charge in [-0.2, -0.15) is 5.26 Å². The molecule has 1 amide bonds. The zero-order valence-corrected chi connectivity index (χ0v) is 13.0. The number of nitriles is 1. The molecule has 22 heavy (non-hydrogen) atoms. The number of nitrogens with zero attached hydrogens (tertiary/aromatic N) is 2. The van der Waals surface area contributed by atoms with Crippen molar-refractivity contribution in [2.24, 2.45) is 5.92 Å². The minimum atomic E-state index is -0.0810. The molecule has 0 aliphatic rings. The van der Waals surface area contributed by atoms with Gasteiger partial charge in [-0.25, -0.2) is 0 Å². The highest BCUT2D eigenvalue weighted by Gasteiger charge is 2.06. The highest BCUT2D eigenvalue weighted by atomic mass is 16.1. The van der Waals surface area contributed by atoms with Crippen LogP contribution in [0.2, 0.25) is 0 Å². The summed E-state index contributed by atoms with van der Waals surface area (Å²) >= 11 is 0. The van der Waals surface area contributed by atoms with Crippen LogP contribution in [0.1, 0.15) is 25.8 Å². The van der Waals surface area contributed by atoms with Gasteiger partial charge in [0, 0.05) is 41.8 Å². The van der Waals surface area contributed by atoms with Crippen LogP contribution in [0.25, 0.3) is 17.0 Å². The lowest BCUT2D eigenvalue weighted by atomic mass is 10.1. The van der Waals surface area contributed by atoms with Gasteiger partial charge >= 0.3 is 0 Å². The molecule has 2 aromatic rings. The number of aryl methyl sites for hydroxylation is 1. The van der Waals surface area contributed by atoms with E-state index in [0.29, 0.717) is 25.4 Å². The van der Waals surface area contributed by atoms with Crippen molar-refractivity contribution in [1.82, 2.24) is 9.88 Å². The van der Waals surface area contributed by atoms with Crippen molar-refractivity contribution in [3.05, 3.63) is 42.1 Å². The van der Waals surface area contributed by atoms with Gasteiger partial charge in [0.2, 0.25) is 5.91 Å². The quantitative estimate of drug-likeness (QED) is 0.831. The number of fused-ring (bicyclic) bond motifs is 1. The fraction of sp³-hybridized carbons (Fsp3) is 0.333. The summed E-state index contributed by atoms with van der Waals surface area (Å²) in [5.74, 6) is 0.354. The lowest BCUT2D eigenvalue weighted by Crippen LogP contribution is -2.25. The molecule has 0 radical (unpaired) electrons. The molecule has 0 saturated heterocycles. The van der Waals surface area contributed by atoms with Crippen LogP contribution in [0.15, 0.2) is 36.5 Å². The molecule has 0 atom stereocenters. The van der Waals surface area contributed by atoms with Gasteiger partial charge in [0.05, 0.1) is 12.5 Å². The first kappa shape index (κ1) is 15.8. The number of nitrogens with one attached hydrogen (secondary N) is 1. The van der Waals surface area contributed by atoms with Crippen molar-refractivity contribution in [3.8, 4) is 6.07 Å². The Kier molecular flexibility index (Phi) is 5.37. The first-order valence-corrected chi connectivity index (χ1v) is 7.52. The van der Waals surface area contributed by atoms with Crippen molar-refractivity contribution in [3.63, 3.8) is 0 Å². The third kappa shape index (κ3) is 3.98. The first-order valence-electron chi connectivity index (χ1n) is 7.52. The molecule has 114 valence electrons. The van der Waals surface area contributed by atoms with Gasteiger partial charge in [0.1, 0.15) is 0 Å². The number of aromatic nitrogens is 1. The van der Waals surface area contributed by atoms with Crippen LogP contribution in [0.4, 0.5) is 0 Å². The first-order chi connectivity index (χ1) is 10.6. The molecule has 1 N–H and O–H groups in total. The average Bonchev–Trinajstić information content (AvgIpc) is 2.87.